The van der Waals surface area contributed by atoms with E-state index >= 15 is 0 Å². The predicted molar refractivity (Wildman–Crippen MR) is 98.4 cm³/mol. The van der Waals surface area contributed by atoms with Crippen molar-refractivity contribution in [2.75, 3.05) is 19.5 Å². The van der Waals surface area contributed by atoms with Crippen LogP contribution in [0.25, 0.3) is 10.9 Å². The van der Waals surface area contributed by atoms with E-state index in [1.165, 1.54) is 13.2 Å². The second-order valence-corrected chi connectivity index (χ2v) is 5.52. The van der Waals surface area contributed by atoms with Gasteiger partial charge in [0.25, 0.3) is 5.91 Å². The quantitative estimate of drug-likeness (QED) is 0.653. The van der Waals surface area contributed by atoms with Gasteiger partial charge in [0, 0.05) is 35.9 Å². The van der Waals surface area contributed by atoms with Crippen LogP contribution >= 0.6 is 0 Å². The molecule has 26 heavy (non-hydrogen) atoms. The number of nitrogens with one attached hydrogen (secondary N) is 2. The zero-order chi connectivity index (χ0) is 18.7. The van der Waals surface area contributed by atoms with E-state index in [9.17, 15) is 14.7 Å². The largest absolute Gasteiger partial charge is 0.497 e. The molecule has 1 heterocycles. The van der Waals surface area contributed by atoms with Gasteiger partial charge in [-0.1, -0.05) is 6.07 Å². The molecule has 2 aromatic carbocycles. The van der Waals surface area contributed by atoms with Gasteiger partial charge < -0.3 is 20.5 Å². The standard InChI is InChI=1S/C19H17N3O4/c1-20-18(23)11-6-7-16-14(8-11)17(15(10-21-16)19(24)25)22-12-4-3-5-13(9-12)26-2/h3-10H,1-2H3,(H,20,23)(H,21,22)(H,24,25). The number of hydrogen-bond acceptors (Lipinski definition) is 5. The van der Waals surface area contributed by atoms with Crippen LogP contribution in [0.1, 0.15) is 20.7 Å². The molecular formula is C19H17N3O4. The van der Waals surface area contributed by atoms with Crippen molar-refractivity contribution in [2.45, 2.75) is 0 Å². The molecule has 0 radical (unpaired) electrons. The lowest BCUT2D eigenvalue weighted by Crippen LogP contribution is -2.17. The zero-order valence-corrected chi connectivity index (χ0v) is 14.2. The highest BCUT2D eigenvalue weighted by molar-refractivity contribution is 6.07. The number of carboxylic acids is 1. The summed E-state index contributed by atoms with van der Waals surface area (Å²) < 4.78 is 5.20. The van der Waals surface area contributed by atoms with E-state index < -0.39 is 5.97 Å². The van der Waals surface area contributed by atoms with Crippen molar-refractivity contribution in [1.82, 2.24) is 10.3 Å². The van der Waals surface area contributed by atoms with Gasteiger partial charge >= 0.3 is 5.97 Å². The Morgan fingerprint density at radius 3 is 2.65 bits per heavy atom. The number of carbonyl (C=O) groups is 2. The second kappa shape index (κ2) is 7.10. The van der Waals surface area contributed by atoms with Gasteiger partial charge in [-0.3, -0.25) is 9.78 Å². The first kappa shape index (κ1) is 17.2. The van der Waals surface area contributed by atoms with E-state index in [4.69, 9.17) is 4.74 Å². The molecule has 7 heteroatoms. The Morgan fingerprint density at radius 2 is 1.96 bits per heavy atom. The van der Waals surface area contributed by atoms with E-state index in [0.717, 1.165) is 0 Å². The Bertz CT molecular complexity index is 1000. The molecule has 0 atom stereocenters. The highest BCUT2D eigenvalue weighted by Crippen LogP contribution is 2.31. The predicted octanol–water partition coefficient (Wildman–Crippen LogP) is 3.04. The Morgan fingerprint density at radius 1 is 1.15 bits per heavy atom. The van der Waals surface area contributed by atoms with Crippen LogP contribution in [0.3, 0.4) is 0 Å². The molecule has 3 aromatic rings. The van der Waals surface area contributed by atoms with Crippen LogP contribution < -0.4 is 15.4 Å². The molecule has 3 rings (SSSR count). The van der Waals surface area contributed by atoms with Crippen LogP contribution in [0.5, 0.6) is 5.75 Å². The number of rotatable bonds is 5. The number of benzene rings is 2. The Balaban J connectivity index is 2.19. The van der Waals surface area contributed by atoms with Gasteiger partial charge in [0.05, 0.1) is 18.3 Å². The first-order chi connectivity index (χ1) is 12.5. The van der Waals surface area contributed by atoms with Gasteiger partial charge in [0.15, 0.2) is 0 Å². The molecule has 132 valence electrons. The molecule has 7 nitrogen and oxygen atoms in total. The van der Waals surface area contributed by atoms with Crippen molar-refractivity contribution in [3.05, 3.63) is 59.8 Å². The molecule has 0 fully saturated rings. The van der Waals surface area contributed by atoms with Gasteiger partial charge in [0.1, 0.15) is 11.3 Å². The Hall–Kier alpha value is -3.61. The average Bonchev–Trinajstić information content (AvgIpc) is 2.67. The molecule has 0 spiro atoms. The number of nitrogens with zero attached hydrogens (tertiary/aromatic N) is 1. The smallest absolute Gasteiger partial charge is 0.339 e. The van der Waals surface area contributed by atoms with Gasteiger partial charge in [-0.2, -0.15) is 0 Å². The number of amides is 1. The number of methoxy groups -OCH3 is 1. The van der Waals surface area contributed by atoms with Crippen molar-refractivity contribution in [3.8, 4) is 5.75 Å². The molecule has 0 saturated heterocycles. The minimum atomic E-state index is -1.12. The monoisotopic (exact) mass is 351 g/mol. The van der Waals surface area contributed by atoms with Gasteiger partial charge in [-0.05, 0) is 30.3 Å². The normalized spacial score (nSPS) is 10.4. The van der Waals surface area contributed by atoms with Crippen molar-refractivity contribution in [1.29, 1.82) is 0 Å². The molecule has 0 aliphatic heterocycles. The van der Waals surface area contributed by atoms with Crippen molar-refractivity contribution in [2.24, 2.45) is 0 Å². The summed E-state index contributed by atoms with van der Waals surface area (Å²) in [5, 5.41) is 15.8. The summed E-state index contributed by atoms with van der Waals surface area (Å²) in [6, 6.07) is 12.1. The third-order valence-corrected chi connectivity index (χ3v) is 3.93. The van der Waals surface area contributed by atoms with Gasteiger partial charge in [-0.25, -0.2) is 4.79 Å². The molecule has 1 aromatic heterocycles. The summed E-state index contributed by atoms with van der Waals surface area (Å²) in [4.78, 5) is 27.8. The van der Waals surface area contributed by atoms with Crippen molar-refractivity contribution in [3.63, 3.8) is 0 Å². The molecule has 3 N–H and O–H groups in total. The molecule has 0 unspecified atom stereocenters. The number of pyridine rings is 1. The Kier molecular flexibility index (Phi) is 4.70. The van der Waals surface area contributed by atoms with E-state index in [0.29, 0.717) is 33.6 Å². The van der Waals surface area contributed by atoms with Crippen LogP contribution in [0, 0.1) is 0 Å². The van der Waals surface area contributed by atoms with Crippen LogP contribution in [0.4, 0.5) is 11.4 Å². The zero-order valence-electron chi connectivity index (χ0n) is 14.2. The van der Waals surface area contributed by atoms with Crippen molar-refractivity contribution < 1.29 is 19.4 Å². The number of ether oxygens (including phenoxy) is 1. The van der Waals surface area contributed by atoms with E-state index in [1.807, 2.05) is 0 Å². The number of fused-ring (bicyclic) bond motifs is 1. The average molecular weight is 351 g/mol. The number of carbonyl (C=O) groups excluding carboxylic acids is 1. The maximum atomic E-state index is 11.9. The number of aromatic carboxylic acids is 1. The number of anilines is 2. The number of hydrogen-bond donors (Lipinski definition) is 3. The fourth-order valence-electron chi connectivity index (χ4n) is 2.62. The summed E-state index contributed by atoms with van der Waals surface area (Å²) >= 11 is 0. The summed E-state index contributed by atoms with van der Waals surface area (Å²) in [7, 11) is 3.09. The van der Waals surface area contributed by atoms with E-state index in [2.05, 4.69) is 15.6 Å². The highest BCUT2D eigenvalue weighted by atomic mass is 16.5. The number of carboxylic acid groups (broad SMARTS) is 1. The summed E-state index contributed by atoms with van der Waals surface area (Å²) in [6.07, 6.45) is 1.30. The molecule has 0 bridgehead atoms. The summed E-state index contributed by atoms with van der Waals surface area (Å²) in [6.45, 7) is 0. The highest BCUT2D eigenvalue weighted by Gasteiger charge is 2.16. The maximum Gasteiger partial charge on any atom is 0.339 e. The second-order valence-electron chi connectivity index (χ2n) is 5.52. The lowest BCUT2D eigenvalue weighted by atomic mass is 10.1. The van der Waals surface area contributed by atoms with Crippen LogP contribution in [0.2, 0.25) is 0 Å². The van der Waals surface area contributed by atoms with Crippen molar-refractivity contribution >= 4 is 34.2 Å². The van der Waals surface area contributed by atoms with Gasteiger partial charge in [-0.15, -0.1) is 0 Å². The molecule has 0 aliphatic rings. The van der Waals surface area contributed by atoms with Crippen LogP contribution in [0.15, 0.2) is 48.7 Å². The third-order valence-electron chi connectivity index (χ3n) is 3.93. The lowest BCUT2D eigenvalue weighted by molar-refractivity contribution is 0.0697. The third kappa shape index (κ3) is 3.27. The molecule has 0 saturated carbocycles. The fourth-order valence-corrected chi connectivity index (χ4v) is 2.62. The maximum absolute atomic E-state index is 11.9. The fraction of sp³-hybridized carbons (Fsp3) is 0.105. The van der Waals surface area contributed by atoms with Gasteiger partial charge in [0.2, 0.25) is 0 Å². The molecular weight excluding hydrogens is 334 g/mol. The SMILES string of the molecule is CNC(=O)c1ccc2ncc(C(=O)O)c(Nc3cccc(OC)c3)c2c1. The minimum Gasteiger partial charge on any atom is -0.497 e. The van der Waals surface area contributed by atoms with E-state index in [-0.39, 0.29) is 11.5 Å². The molecule has 0 aliphatic carbocycles. The first-order valence-corrected chi connectivity index (χ1v) is 7.82. The van der Waals surface area contributed by atoms with Crippen LogP contribution in [-0.2, 0) is 0 Å². The topological polar surface area (TPSA) is 101 Å². The first-order valence-electron chi connectivity index (χ1n) is 7.82. The minimum absolute atomic E-state index is 0.00868. The van der Waals surface area contributed by atoms with E-state index in [1.54, 1.807) is 49.6 Å². The Labute approximate surface area is 149 Å². The van der Waals surface area contributed by atoms with Crippen LogP contribution in [-0.4, -0.2) is 36.1 Å². The summed E-state index contributed by atoms with van der Waals surface area (Å²) in [5.74, 6) is -0.744. The molecule has 1 amide bonds. The summed E-state index contributed by atoms with van der Waals surface area (Å²) in [5.41, 5.74) is 2.02. The lowest BCUT2D eigenvalue weighted by Gasteiger charge is -2.14. The number of aromatic nitrogens is 1.